The number of carbonyl (C=O) groups excluding carboxylic acids is 1. The van der Waals surface area contributed by atoms with Gasteiger partial charge in [0.2, 0.25) is 4.94 Å². The van der Waals surface area contributed by atoms with Crippen molar-refractivity contribution in [1.29, 1.82) is 0 Å². The van der Waals surface area contributed by atoms with Gasteiger partial charge in [0.25, 0.3) is 0 Å². The molecule has 1 rings (SSSR count). The summed E-state index contributed by atoms with van der Waals surface area (Å²) < 4.78 is 21.3. The topological polar surface area (TPSA) is 64.6 Å². The highest BCUT2D eigenvalue weighted by molar-refractivity contribution is 14.2. The number of esters is 1. The van der Waals surface area contributed by atoms with Gasteiger partial charge in [-0.15, -0.1) is 0 Å². The van der Waals surface area contributed by atoms with Gasteiger partial charge >= 0.3 is 5.97 Å². The van der Waals surface area contributed by atoms with Gasteiger partial charge in [-0.25, -0.2) is 5.09 Å². The molecule has 7 heteroatoms. The van der Waals surface area contributed by atoms with Crippen LogP contribution < -0.4 is 5.09 Å². The van der Waals surface area contributed by atoms with E-state index in [-0.39, 0.29) is 12.3 Å². The third-order valence-electron chi connectivity index (χ3n) is 2.00. The van der Waals surface area contributed by atoms with Crippen molar-refractivity contribution in [1.82, 2.24) is 5.09 Å². The molecule has 0 amide bonds. The summed E-state index contributed by atoms with van der Waals surface area (Å²) in [6, 6.07) is 0. The zero-order chi connectivity index (χ0) is 10.8. The molecule has 0 heterocycles. The molecule has 0 aromatic rings. The summed E-state index contributed by atoms with van der Waals surface area (Å²) in [6.45, 7) is 0. The fourth-order valence-corrected chi connectivity index (χ4v) is 4.77. The first-order valence-corrected chi connectivity index (χ1v) is 8.79. The molecule has 1 unspecified atom stereocenters. The Kier molecular flexibility index (Phi) is 3.96. The van der Waals surface area contributed by atoms with Gasteiger partial charge < -0.3 is 9.47 Å². The summed E-state index contributed by atoms with van der Waals surface area (Å²) in [5, 5.41) is 2.84. The third-order valence-corrected chi connectivity index (χ3v) is 4.91. The van der Waals surface area contributed by atoms with Crippen LogP contribution in [-0.2, 0) is 18.8 Å². The van der Waals surface area contributed by atoms with Gasteiger partial charge in [0.15, 0.2) is 0 Å². The van der Waals surface area contributed by atoms with Crippen LogP contribution in [0.1, 0.15) is 12.8 Å². The molecule has 1 N–H and O–H groups in total. The molecular weight excluding hydrogens is 320 g/mol. The van der Waals surface area contributed by atoms with E-state index in [1.54, 1.807) is 22.0 Å². The lowest BCUT2D eigenvalue weighted by Crippen LogP contribution is -2.37. The van der Waals surface area contributed by atoms with Crippen molar-refractivity contribution in [3.05, 3.63) is 0 Å². The van der Waals surface area contributed by atoms with Crippen LogP contribution in [0, 0.1) is 0 Å². The van der Waals surface area contributed by atoms with Crippen molar-refractivity contribution < 1.29 is 18.8 Å². The maximum atomic E-state index is 11.8. The summed E-state index contributed by atoms with van der Waals surface area (Å²) >= 11 is 1.80. The molecule has 1 aliphatic rings. The number of hydrogen-bond donors (Lipinski definition) is 1. The summed E-state index contributed by atoms with van der Waals surface area (Å²) in [7, 11) is 2.81. The minimum atomic E-state index is -2.62. The van der Waals surface area contributed by atoms with E-state index in [4.69, 9.17) is 4.74 Å². The number of rotatable bonds is 5. The number of nitrogens with one attached hydrogen (secondary N) is 1. The Balaban J connectivity index is 2.59. The van der Waals surface area contributed by atoms with Crippen LogP contribution in [0.2, 0.25) is 0 Å². The lowest BCUT2D eigenvalue weighted by atomic mass is 10.3. The van der Waals surface area contributed by atoms with Crippen LogP contribution in [0.4, 0.5) is 0 Å². The SMILES string of the molecule is COCP(=O)(I)NC1(C(=O)OC)CC1. The van der Waals surface area contributed by atoms with E-state index in [1.807, 2.05) is 0 Å². The predicted molar refractivity (Wildman–Crippen MR) is 60.6 cm³/mol. The van der Waals surface area contributed by atoms with Gasteiger partial charge in [-0.1, -0.05) is 0 Å². The summed E-state index contributed by atoms with van der Waals surface area (Å²) in [5.74, 6) is -0.342. The van der Waals surface area contributed by atoms with Gasteiger partial charge in [-0.2, -0.15) is 0 Å². The molecular formula is C7H13INO4P. The predicted octanol–water partition coefficient (Wildman–Crippen LogP) is 1.51. The average Bonchev–Trinajstić information content (AvgIpc) is 2.83. The lowest BCUT2D eigenvalue weighted by Gasteiger charge is -2.18. The highest BCUT2D eigenvalue weighted by Crippen LogP contribution is 2.56. The van der Waals surface area contributed by atoms with Crippen molar-refractivity contribution in [3.8, 4) is 0 Å². The van der Waals surface area contributed by atoms with Gasteiger partial charge in [-0.3, -0.25) is 9.36 Å². The van der Waals surface area contributed by atoms with E-state index in [9.17, 15) is 9.36 Å². The first-order chi connectivity index (χ1) is 6.46. The Hall–Kier alpha value is 0.350. The van der Waals surface area contributed by atoms with Crippen LogP contribution in [-0.4, -0.2) is 32.1 Å². The van der Waals surface area contributed by atoms with Crippen molar-refractivity contribution >= 4 is 32.9 Å². The number of methoxy groups -OCH3 is 2. The molecule has 1 aliphatic carbocycles. The Morgan fingerprint density at radius 3 is 2.50 bits per heavy atom. The third kappa shape index (κ3) is 2.92. The Morgan fingerprint density at radius 2 is 2.14 bits per heavy atom. The van der Waals surface area contributed by atoms with E-state index in [1.165, 1.54) is 14.2 Å². The van der Waals surface area contributed by atoms with E-state index in [0.717, 1.165) is 0 Å². The Morgan fingerprint density at radius 1 is 1.57 bits per heavy atom. The molecule has 1 atom stereocenters. The Labute approximate surface area is 95.8 Å². The van der Waals surface area contributed by atoms with Crippen LogP contribution >= 0.6 is 27.0 Å². The highest BCUT2D eigenvalue weighted by Gasteiger charge is 2.54. The van der Waals surface area contributed by atoms with Crippen molar-refractivity contribution in [2.24, 2.45) is 0 Å². The first-order valence-electron chi connectivity index (χ1n) is 4.11. The monoisotopic (exact) mass is 333 g/mol. The second-order valence-corrected chi connectivity index (χ2v) is 9.72. The fourth-order valence-electron chi connectivity index (χ4n) is 1.20. The van der Waals surface area contributed by atoms with Gasteiger partial charge in [0, 0.05) is 29.2 Å². The van der Waals surface area contributed by atoms with Crippen LogP contribution in [0.25, 0.3) is 0 Å². The first kappa shape index (κ1) is 12.4. The highest BCUT2D eigenvalue weighted by atomic mass is 127. The lowest BCUT2D eigenvalue weighted by molar-refractivity contribution is -0.143. The molecule has 0 saturated heterocycles. The normalized spacial score (nSPS) is 22.5. The average molecular weight is 333 g/mol. The molecule has 0 radical (unpaired) electrons. The minimum absolute atomic E-state index is 0.117. The second-order valence-electron chi connectivity index (χ2n) is 3.25. The van der Waals surface area contributed by atoms with Gasteiger partial charge in [-0.05, 0) is 12.8 Å². The largest absolute Gasteiger partial charge is 0.468 e. The van der Waals surface area contributed by atoms with Crippen molar-refractivity contribution in [3.63, 3.8) is 0 Å². The van der Waals surface area contributed by atoms with Crippen molar-refractivity contribution in [2.75, 3.05) is 20.6 Å². The van der Waals surface area contributed by atoms with Crippen LogP contribution in [0.3, 0.4) is 0 Å². The molecule has 5 nitrogen and oxygen atoms in total. The summed E-state index contributed by atoms with van der Waals surface area (Å²) in [4.78, 5) is 8.71. The van der Waals surface area contributed by atoms with Crippen LogP contribution in [0.5, 0.6) is 0 Å². The van der Waals surface area contributed by atoms with Gasteiger partial charge in [0.05, 0.1) is 7.11 Å². The van der Waals surface area contributed by atoms with E-state index in [0.29, 0.717) is 12.8 Å². The van der Waals surface area contributed by atoms with Crippen molar-refractivity contribution in [2.45, 2.75) is 18.4 Å². The smallest absolute Gasteiger partial charge is 0.326 e. The van der Waals surface area contributed by atoms with Gasteiger partial charge in [0.1, 0.15) is 11.9 Å². The zero-order valence-corrected chi connectivity index (χ0v) is 11.1. The molecule has 0 aromatic carbocycles. The molecule has 0 aliphatic heterocycles. The Bertz CT molecular complexity index is 279. The maximum absolute atomic E-state index is 11.8. The summed E-state index contributed by atoms with van der Waals surface area (Å²) in [6.07, 6.45) is 1.47. The fraction of sp³-hybridized carbons (Fsp3) is 0.857. The molecule has 82 valence electrons. The zero-order valence-electron chi connectivity index (χ0n) is 8.08. The van der Waals surface area contributed by atoms with E-state index >= 15 is 0 Å². The number of carbonyl (C=O) groups is 1. The number of hydrogen-bond acceptors (Lipinski definition) is 4. The number of halogens is 1. The molecule has 14 heavy (non-hydrogen) atoms. The quantitative estimate of drug-likeness (QED) is 0.469. The molecule has 1 fully saturated rings. The summed E-state index contributed by atoms with van der Waals surface area (Å²) in [5.41, 5.74) is -0.718. The second kappa shape index (κ2) is 4.47. The van der Waals surface area contributed by atoms with E-state index in [2.05, 4.69) is 9.82 Å². The number of ether oxygens (including phenoxy) is 2. The molecule has 0 spiro atoms. The molecule has 0 aromatic heterocycles. The minimum Gasteiger partial charge on any atom is -0.468 e. The maximum Gasteiger partial charge on any atom is 0.326 e. The molecule has 1 saturated carbocycles. The van der Waals surface area contributed by atoms with Crippen LogP contribution in [0.15, 0.2) is 0 Å². The van der Waals surface area contributed by atoms with E-state index < -0.39 is 10.5 Å². The standard InChI is InChI=1S/C7H13INO4P/c1-12-5-14(8,11)9-7(3-4-7)6(10)13-2/h3-5H2,1-2H3,(H,9,11). The molecule has 0 bridgehead atoms.